The Labute approximate surface area is 110 Å². The van der Waals surface area contributed by atoms with E-state index in [1.807, 2.05) is 0 Å². The van der Waals surface area contributed by atoms with E-state index in [2.05, 4.69) is 0 Å². The molecule has 6 nitrogen and oxygen atoms in total. The van der Waals surface area contributed by atoms with Gasteiger partial charge in [0.05, 0.1) is 6.61 Å². The van der Waals surface area contributed by atoms with E-state index >= 15 is 0 Å². The fourth-order valence-corrected chi connectivity index (χ4v) is 1.61. The van der Waals surface area contributed by atoms with Gasteiger partial charge in [-0.15, -0.1) is 0 Å². The van der Waals surface area contributed by atoms with Crippen LogP contribution < -0.4 is 0 Å². The first-order chi connectivity index (χ1) is 8.97. The van der Waals surface area contributed by atoms with Gasteiger partial charge in [0.15, 0.2) is 5.78 Å². The zero-order valence-corrected chi connectivity index (χ0v) is 10.3. The molecule has 0 saturated heterocycles. The van der Waals surface area contributed by atoms with E-state index in [4.69, 9.17) is 10.2 Å². The first-order valence-electron chi connectivity index (χ1n) is 5.87. The van der Waals surface area contributed by atoms with E-state index in [1.54, 1.807) is 30.3 Å². The van der Waals surface area contributed by atoms with Crippen molar-refractivity contribution in [2.24, 2.45) is 0 Å². The molecule has 106 valence electrons. The van der Waals surface area contributed by atoms with Crippen LogP contribution in [0.15, 0.2) is 30.3 Å². The maximum atomic E-state index is 11.7. The summed E-state index contributed by atoms with van der Waals surface area (Å²) in [6, 6.07) is 8.62. The van der Waals surface area contributed by atoms with E-state index in [9.17, 15) is 20.1 Å². The molecule has 1 aromatic carbocycles. The smallest absolute Gasteiger partial charge is 0.168 e. The number of hydrogen-bond acceptors (Lipinski definition) is 6. The molecule has 0 aliphatic heterocycles. The maximum absolute atomic E-state index is 11.7. The largest absolute Gasteiger partial charge is 0.394 e. The monoisotopic (exact) mass is 270 g/mol. The third-order valence-electron chi connectivity index (χ3n) is 2.81. The highest BCUT2D eigenvalue weighted by molar-refractivity contribution is 5.85. The van der Waals surface area contributed by atoms with Crippen molar-refractivity contribution < 1.29 is 30.3 Å². The zero-order valence-electron chi connectivity index (χ0n) is 10.3. The molecule has 0 spiro atoms. The average molecular weight is 270 g/mol. The van der Waals surface area contributed by atoms with Crippen molar-refractivity contribution in [2.75, 3.05) is 6.61 Å². The minimum atomic E-state index is -1.85. The van der Waals surface area contributed by atoms with Crippen molar-refractivity contribution in [3.63, 3.8) is 0 Å². The SMILES string of the molecule is O=C(Cc1ccccc1)[C@H](O)[C@@H](O)[C@H](O)[C@H](O)CO. The van der Waals surface area contributed by atoms with Crippen LogP contribution in [-0.2, 0) is 11.2 Å². The lowest BCUT2D eigenvalue weighted by Gasteiger charge is -2.24. The quantitative estimate of drug-likeness (QED) is 0.400. The van der Waals surface area contributed by atoms with Crippen LogP contribution in [0.2, 0.25) is 0 Å². The molecule has 6 heteroatoms. The molecule has 0 heterocycles. The number of carbonyl (C=O) groups excluding carboxylic acids is 1. The predicted octanol–water partition coefficient (Wildman–Crippen LogP) is -1.77. The number of Topliss-reactive ketones (excluding diaryl/α,β-unsaturated/α-hetero) is 1. The van der Waals surface area contributed by atoms with E-state index in [-0.39, 0.29) is 6.42 Å². The van der Waals surface area contributed by atoms with Gasteiger partial charge in [-0.25, -0.2) is 0 Å². The number of aliphatic hydroxyl groups excluding tert-OH is 5. The van der Waals surface area contributed by atoms with Crippen molar-refractivity contribution in [3.8, 4) is 0 Å². The average Bonchev–Trinajstić information content (AvgIpc) is 2.44. The van der Waals surface area contributed by atoms with Crippen LogP contribution in [0.3, 0.4) is 0 Å². The van der Waals surface area contributed by atoms with E-state index in [0.29, 0.717) is 5.56 Å². The molecule has 0 amide bonds. The normalized spacial score (nSPS) is 17.5. The fourth-order valence-electron chi connectivity index (χ4n) is 1.61. The van der Waals surface area contributed by atoms with Crippen LogP contribution in [0.4, 0.5) is 0 Å². The minimum absolute atomic E-state index is 0.0962. The molecule has 0 radical (unpaired) electrons. The molecular formula is C13H18O6. The van der Waals surface area contributed by atoms with Crippen molar-refractivity contribution in [2.45, 2.75) is 30.8 Å². The third kappa shape index (κ3) is 4.38. The van der Waals surface area contributed by atoms with E-state index < -0.39 is 36.8 Å². The van der Waals surface area contributed by atoms with Crippen LogP contribution >= 0.6 is 0 Å². The summed E-state index contributed by atoms with van der Waals surface area (Å²) in [5, 5.41) is 46.3. The molecule has 0 aliphatic carbocycles. The molecule has 5 N–H and O–H groups in total. The fraction of sp³-hybridized carbons (Fsp3) is 0.462. The Morgan fingerprint density at radius 3 is 2.11 bits per heavy atom. The van der Waals surface area contributed by atoms with Gasteiger partial charge in [-0.1, -0.05) is 30.3 Å². The Bertz CT molecular complexity index is 393. The lowest BCUT2D eigenvalue weighted by molar-refractivity contribution is -0.146. The molecule has 0 saturated carbocycles. The Morgan fingerprint density at radius 2 is 1.58 bits per heavy atom. The number of benzene rings is 1. The van der Waals surface area contributed by atoms with Gasteiger partial charge in [0.2, 0.25) is 0 Å². The summed E-state index contributed by atoms with van der Waals surface area (Å²) in [6.07, 6.45) is -7.18. The third-order valence-corrected chi connectivity index (χ3v) is 2.81. The zero-order chi connectivity index (χ0) is 14.4. The highest BCUT2D eigenvalue weighted by atomic mass is 16.4. The molecule has 0 aromatic heterocycles. The first kappa shape index (κ1) is 15.7. The van der Waals surface area contributed by atoms with Crippen LogP contribution in [0.25, 0.3) is 0 Å². The molecule has 1 rings (SSSR count). The van der Waals surface area contributed by atoms with Gasteiger partial charge in [0, 0.05) is 6.42 Å². The second-order valence-electron chi connectivity index (χ2n) is 4.30. The topological polar surface area (TPSA) is 118 Å². The van der Waals surface area contributed by atoms with Crippen molar-refractivity contribution in [1.29, 1.82) is 0 Å². The van der Waals surface area contributed by atoms with E-state index in [1.165, 1.54) is 0 Å². The number of ketones is 1. The van der Waals surface area contributed by atoms with Crippen LogP contribution in [0.1, 0.15) is 5.56 Å². The van der Waals surface area contributed by atoms with Gasteiger partial charge in [-0.3, -0.25) is 4.79 Å². The summed E-state index contributed by atoms with van der Waals surface area (Å²) < 4.78 is 0. The lowest BCUT2D eigenvalue weighted by atomic mass is 9.97. The predicted molar refractivity (Wildman–Crippen MR) is 66.3 cm³/mol. The number of hydrogen-bond donors (Lipinski definition) is 5. The molecule has 19 heavy (non-hydrogen) atoms. The summed E-state index contributed by atoms with van der Waals surface area (Å²) in [4.78, 5) is 11.7. The second kappa shape index (κ2) is 7.32. The summed E-state index contributed by atoms with van der Waals surface area (Å²) >= 11 is 0. The lowest BCUT2D eigenvalue weighted by Crippen LogP contribution is -2.49. The van der Waals surface area contributed by atoms with Crippen LogP contribution in [0.5, 0.6) is 0 Å². The Balaban J connectivity index is 2.61. The molecular weight excluding hydrogens is 252 g/mol. The van der Waals surface area contributed by atoms with Crippen molar-refractivity contribution in [1.82, 2.24) is 0 Å². The maximum Gasteiger partial charge on any atom is 0.168 e. The molecule has 0 unspecified atom stereocenters. The standard InChI is InChI=1S/C13H18O6/c14-7-10(16)12(18)13(19)11(17)9(15)6-8-4-2-1-3-5-8/h1-5,10-14,16-19H,6-7H2/t10-,11+,12-,13-/m1/s1. The number of aliphatic hydroxyl groups is 5. The number of rotatable bonds is 7. The second-order valence-corrected chi connectivity index (χ2v) is 4.30. The van der Waals surface area contributed by atoms with Gasteiger partial charge in [-0.2, -0.15) is 0 Å². The molecule has 0 aliphatic rings. The Hall–Kier alpha value is -1.31. The Morgan fingerprint density at radius 1 is 1.00 bits per heavy atom. The molecule has 0 fully saturated rings. The molecule has 0 bridgehead atoms. The summed E-state index contributed by atoms with van der Waals surface area (Å²) in [7, 11) is 0. The van der Waals surface area contributed by atoms with Crippen LogP contribution in [-0.4, -0.2) is 62.3 Å². The highest BCUT2D eigenvalue weighted by Gasteiger charge is 2.33. The number of carbonyl (C=O) groups is 1. The highest BCUT2D eigenvalue weighted by Crippen LogP contribution is 2.09. The van der Waals surface area contributed by atoms with Crippen LogP contribution in [0, 0.1) is 0 Å². The minimum Gasteiger partial charge on any atom is -0.394 e. The van der Waals surface area contributed by atoms with Gasteiger partial charge < -0.3 is 25.5 Å². The van der Waals surface area contributed by atoms with Gasteiger partial charge >= 0.3 is 0 Å². The van der Waals surface area contributed by atoms with Crippen molar-refractivity contribution in [3.05, 3.63) is 35.9 Å². The van der Waals surface area contributed by atoms with Gasteiger partial charge in [0.25, 0.3) is 0 Å². The van der Waals surface area contributed by atoms with Crippen molar-refractivity contribution >= 4 is 5.78 Å². The summed E-state index contributed by atoms with van der Waals surface area (Å²) in [5.41, 5.74) is 0.663. The summed E-state index contributed by atoms with van der Waals surface area (Å²) in [6.45, 7) is -0.780. The first-order valence-corrected chi connectivity index (χ1v) is 5.87. The molecule has 4 atom stereocenters. The van der Waals surface area contributed by atoms with E-state index in [0.717, 1.165) is 0 Å². The van der Waals surface area contributed by atoms with Gasteiger partial charge in [-0.05, 0) is 5.56 Å². The molecule has 1 aromatic rings. The van der Waals surface area contributed by atoms with Gasteiger partial charge in [0.1, 0.15) is 24.4 Å². The summed E-state index contributed by atoms with van der Waals surface area (Å²) in [5.74, 6) is -0.678. The Kier molecular flexibility index (Phi) is 6.07.